The maximum Gasteiger partial charge on any atom is 0.331 e. The van der Waals surface area contributed by atoms with E-state index in [1.54, 1.807) is 12.1 Å². The number of halogens is 3. The summed E-state index contributed by atoms with van der Waals surface area (Å²) in [4.78, 5) is 35.4. The summed E-state index contributed by atoms with van der Waals surface area (Å²) in [7, 11) is 4.33. The van der Waals surface area contributed by atoms with Crippen LogP contribution in [0.2, 0.25) is 0 Å². The van der Waals surface area contributed by atoms with Gasteiger partial charge in [0.2, 0.25) is 5.91 Å². The third kappa shape index (κ3) is 6.89. The molecule has 0 heterocycles. The van der Waals surface area contributed by atoms with Crippen LogP contribution in [0.25, 0.3) is 6.08 Å². The number of anilines is 1. The zero-order valence-corrected chi connectivity index (χ0v) is 18.4. The van der Waals surface area contributed by atoms with Gasteiger partial charge in [0, 0.05) is 17.7 Å². The summed E-state index contributed by atoms with van der Waals surface area (Å²) < 4.78 is 60.0. The molecule has 0 aromatic heterocycles. The fourth-order valence-corrected chi connectivity index (χ4v) is 2.57. The summed E-state index contributed by atoms with van der Waals surface area (Å²) in [6, 6.07) is 4.60. The molecular formula is C22H21F3N2O7. The molecule has 0 spiro atoms. The Morgan fingerprint density at radius 1 is 0.882 bits per heavy atom. The van der Waals surface area contributed by atoms with Crippen LogP contribution >= 0.6 is 0 Å². The number of carbonyl (C=O) groups is 3. The monoisotopic (exact) mass is 482 g/mol. The molecule has 0 radical (unpaired) electrons. The van der Waals surface area contributed by atoms with Crippen molar-refractivity contribution in [3.63, 3.8) is 0 Å². The van der Waals surface area contributed by atoms with Crippen LogP contribution in [-0.2, 0) is 19.1 Å². The Balaban J connectivity index is 1.85. The molecular weight excluding hydrogens is 461 g/mol. The van der Waals surface area contributed by atoms with E-state index in [4.69, 9.17) is 18.9 Å². The fraction of sp³-hybridized carbons (Fsp3) is 0.227. The predicted molar refractivity (Wildman–Crippen MR) is 114 cm³/mol. The topological polar surface area (TPSA) is 112 Å². The van der Waals surface area contributed by atoms with Gasteiger partial charge in [-0.3, -0.25) is 9.59 Å². The van der Waals surface area contributed by atoms with Crippen molar-refractivity contribution in [1.29, 1.82) is 0 Å². The van der Waals surface area contributed by atoms with Crippen LogP contribution < -0.4 is 24.8 Å². The molecule has 2 rings (SSSR count). The molecule has 0 fully saturated rings. The third-order valence-electron chi connectivity index (χ3n) is 4.24. The van der Waals surface area contributed by atoms with Crippen LogP contribution in [0, 0.1) is 17.5 Å². The molecule has 0 saturated carbocycles. The van der Waals surface area contributed by atoms with Gasteiger partial charge in [0.1, 0.15) is 5.75 Å². The normalized spacial score (nSPS) is 10.5. The van der Waals surface area contributed by atoms with Crippen molar-refractivity contribution in [2.24, 2.45) is 0 Å². The molecule has 2 N–H and O–H groups in total. The van der Waals surface area contributed by atoms with Gasteiger partial charge in [-0.2, -0.15) is 0 Å². The van der Waals surface area contributed by atoms with Gasteiger partial charge in [-0.15, -0.1) is 0 Å². The fourth-order valence-electron chi connectivity index (χ4n) is 2.57. The molecule has 2 aromatic rings. The van der Waals surface area contributed by atoms with Crippen LogP contribution in [0.1, 0.15) is 5.56 Å². The number of rotatable bonds is 10. The largest absolute Gasteiger partial charge is 0.496 e. The van der Waals surface area contributed by atoms with Crippen LogP contribution in [0.5, 0.6) is 17.2 Å². The second-order valence-corrected chi connectivity index (χ2v) is 6.44. The number of ether oxygens (including phenoxy) is 4. The van der Waals surface area contributed by atoms with E-state index in [0.717, 1.165) is 12.1 Å². The highest BCUT2D eigenvalue weighted by Crippen LogP contribution is 2.35. The maximum absolute atomic E-state index is 13.6. The Bertz CT molecular complexity index is 1110. The number of hydrogen-bond acceptors (Lipinski definition) is 7. The van der Waals surface area contributed by atoms with Gasteiger partial charge in [-0.25, -0.2) is 18.0 Å². The van der Waals surface area contributed by atoms with E-state index in [1.807, 2.05) is 5.32 Å². The lowest BCUT2D eigenvalue weighted by atomic mass is 10.1. The van der Waals surface area contributed by atoms with Gasteiger partial charge >= 0.3 is 5.97 Å². The van der Waals surface area contributed by atoms with E-state index in [9.17, 15) is 27.6 Å². The molecule has 9 nitrogen and oxygen atoms in total. The van der Waals surface area contributed by atoms with Gasteiger partial charge < -0.3 is 29.6 Å². The van der Waals surface area contributed by atoms with Crippen molar-refractivity contribution >= 4 is 29.5 Å². The smallest absolute Gasteiger partial charge is 0.331 e. The summed E-state index contributed by atoms with van der Waals surface area (Å²) in [5.74, 6) is -6.12. The number of hydrogen-bond donors (Lipinski definition) is 2. The molecule has 182 valence electrons. The molecule has 0 aliphatic heterocycles. The molecule has 2 amide bonds. The average molecular weight is 482 g/mol. The molecule has 0 atom stereocenters. The number of esters is 1. The van der Waals surface area contributed by atoms with E-state index in [0.29, 0.717) is 28.9 Å². The molecule has 12 heteroatoms. The number of methoxy groups -OCH3 is 3. The first kappa shape index (κ1) is 26.0. The van der Waals surface area contributed by atoms with E-state index in [2.05, 4.69) is 5.32 Å². The molecule has 2 aromatic carbocycles. The van der Waals surface area contributed by atoms with Gasteiger partial charge in [-0.1, -0.05) is 0 Å². The van der Waals surface area contributed by atoms with Gasteiger partial charge in [-0.05, 0) is 24.3 Å². The van der Waals surface area contributed by atoms with E-state index < -0.39 is 54.1 Å². The number of benzene rings is 2. The van der Waals surface area contributed by atoms with E-state index in [1.165, 1.54) is 27.4 Å². The van der Waals surface area contributed by atoms with Crippen LogP contribution in [0.4, 0.5) is 18.9 Å². The Kier molecular flexibility index (Phi) is 9.29. The zero-order valence-electron chi connectivity index (χ0n) is 18.4. The number of nitrogens with one attached hydrogen (secondary N) is 2. The molecule has 34 heavy (non-hydrogen) atoms. The summed E-state index contributed by atoms with van der Waals surface area (Å²) in [5, 5.41) is 4.11. The first-order valence-electron chi connectivity index (χ1n) is 9.55. The standard InChI is InChI=1S/C22H21F3N2O7/c1-31-15-9-17(33-3)16(32-2)8-12(15)4-7-20(30)34-11-19(29)26-10-18(28)27-14-6-5-13(23)21(24)22(14)25/h4-9H,10-11H2,1-3H3,(H,26,29)(H,27,28)/b7-4+. The lowest BCUT2D eigenvalue weighted by Gasteiger charge is -2.12. The Labute approximate surface area is 192 Å². The summed E-state index contributed by atoms with van der Waals surface area (Å²) in [6.07, 6.45) is 2.43. The zero-order chi connectivity index (χ0) is 25.3. The van der Waals surface area contributed by atoms with Crippen molar-refractivity contribution in [1.82, 2.24) is 5.32 Å². The predicted octanol–water partition coefficient (Wildman–Crippen LogP) is 2.44. The van der Waals surface area contributed by atoms with E-state index >= 15 is 0 Å². The minimum absolute atomic E-state index is 0.392. The highest BCUT2D eigenvalue weighted by Gasteiger charge is 2.16. The average Bonchev–Trinajstić information content (AvgIpc) is 2.84. The third-order valence-corrected chi connectivity index (χ3v) is 4.24. The van der Waals surface area contributed by atoms with Crippen LogP contribution in [0.3, 0.4) is 0 Å². The lowest BCUT2D eigenvalue weighted by molar-refractivity contribution is -0.143. The van der Waals surface area contributed by atoms with Crippen molar-refractivity contribution in [3.05, 3.63) is 53.4 Å². The maximum atomic E-state index is 13.6. The highest BCUT2D eigenvalue weighted by molar-refractivity contribution is 5.95. The SMILES string of the molecule is COc1cc(OC)c(OC)cc1/C=C/C(=O)OCC(=O)NCC(=O)Nc1ccc(F)c(F)c1F. The second kappa shape index (κ2) is 12.1. The number of carbonyl (C=O) groups excluding carboxylic acids is 3. The highest BCUT2D eigenvalue weighted by atomic mass is 19.2. The van der Waals surface area contributed by atoms with Gasteiger partial charge in [0.15, 0.2) is 35.6 Å². The van der Waals surface area contributed by atoms with Crippen molar-refractivity contribution < 1.29 is 46.5 Å². The summed E-state index contributed by atoms with van der Waals surface area (Å²) in [6.45, 7) is -1.34. The van der Waals surface area contributed by atoms with Crippen molar-refractivity contribution in [3.8, 4) is 17.2 Å². The summed E-state index contributed by atoms with van der Waals surface area (Å²) in [5.41, 5.74) is -0.122. The van der Waals surface area contributed by atoms with Crippen LogP contribution in [-0.4, -0.2) is 52.3 Å². The minimum Gasteiger partial charge on any atom is -0.496 e. The first-order chi connectivity index (χ1) is 16.2. The lowest BCUT2D eigenvalue weighted by Crippen LogP contribution is -2.35. The van der Waals surface area contributed by atoms with Crippen molar-refractivity contribution in [2.45, 2.75) is 0 Å². The first-order valence-corrected chi connectivity index (χ1v) is 9.55. The van der Waals surface area contributed by atoms with E-state index in [-0.39, 0.29) is 0 Å². The Hall–Kier alpha value is -4.22. The molecule has 0 aliphatic rings. The second-order valence-electron chi connectivity index (χ2n) is 6.44. The van der Waals surface area contributed by atoms with Crippen molar-refractivity contribution in [2.75, 3.05) is 39.8 Å². The Morgan fingerprint density at radius 2 is 1.53 bits per heavy atom. The Morgan fingerprint density at radius 3 is 2.18 bits per heavy atom. The molecule has 0 aliphatic carbocycles. The molecule has 0 unspecified atom stereocenters. The summed E-state index contributed by atoms with van der Waals surface area (Å²) >= 11 is 0. The van der Waals surface area contributed by atoms with Gasteiger partial charge in [0.05, 0.1) is 33.6 Å². The quantitative estimate of drug-likeness (QED) is 0.304. The molecule has 0 bridgehead atoms. The van der Waals surface area contributed by atoms with Crippen LogP contribution in [0.15, 0.2) is 30.3 Å². The number of amides is 2. The van der Waals surface area contributed by atoms with Gasteiger partial charge in [0.25, 0.3) is 5.91 Å². The molecule has 0 saturated heterocycles. The minimum atomic E-state index is -1.74.